The minimum absolute atomic E-state index is 0.00511. The largest absolute Gasteiger partial charge is 0.395 e. The number of halogens is 2. The van der Waals surface area contributed by atoms with Crippen LogP contribution in [0.25, 0.3) is 0 Å². The lowest BCUT2D eigenvalue weighted by Gasteiger charge is -1.94. The van der Waals surface area contributed by atoms with Crippen molar-refractivity contribution in [2.24, 2.45) is 0 Å². The van der Waals surface area contributed by atoms with Crippen molar-refractivity contribution in [3.63, 3.8) is 0 Å². The molecule has 0 saturated carbocycles. The summed E-state index contributed by atoms with van der Waals surface area (Å²) in [5.41, 5.74) is 0.358. The molecular formula is C10H8BrFO. The Morgan fingerprint density at radius 1 is 1.46 bits per heavy atom. The summed E-state index contributed by atoms with van der Waals surface area (Å²) in [6.07, 6.45) is 0.371. The smallest absolute Gasteiger partial charge is 0.139 e. The van der Waals surface area contributed by atoms with Gasteiger partial charge in [-0.3, -0.25) is 0 Å². The summed E-state index contributed by atoms with van der Waals surface area (Å²) in [5.74, 6) is 4.94. The van der Waals surface area contributed by atoms with E-state index in [1.165, 1.54) is 6.07 Å². The Morgan fingerprint density at radius 3 is 2.85 bits per heavy atom. The minimum Gasteiger partial charge on any atom is -0.395 e. The topological polar surface area (TPSA) is 20.2 Å². The van der Waals surface area contributed by atoms with Crippen molar-refractivity contribution in [1.82, 2.24) is 0 Å². The van der Waals surface area contributed by atoms with Crippen LogP contribution in [0.3, 0.4) is 0 Å². The molecule has 0 amide bonds. The van der Waals surface area contributed by atoms with Crippen molar-refractivity contribution >= 4 is 15.9 Å². The second-order valence-electron chi connectivity index (χ2n) is 2.40. The number of aliphatic hydroxyl groups is 1. The van der Waals surface area contributed by atoms with Crippen LogP contribution in [0.5, 0.6) is 0 Å². The van der Waals surface area contributed by atoms with Crippen LogP contribution in [0, 0.1) is 17.7 Å². The van der Waals surface area contributed by atoms with Crippen LogP contribution in [-0.4, -0.2) is 11.7 Å². The monoisotopic (exact) mass is 242 g/mol. The number of aliphatic hydroxyl groups excluding tert-OH is 1. The first-order chi connectivity index (χ1) is 6.24. The van der Waals surface area contributed by atoms with Gasteiger partial charge in [0.25, 0.3) is 0 Å². The molecule has 0 aliphatic heterocycles. The van der Waals surface area contributed by atoms with Gasteiger partial charge < -0.3 is 5.11 Å². The van der Waals surface area contributed by atoms with Crippen molar-refractivity contribution in [1.29, 1.82) is 0 Å². The second-order valence-corrected chi connectivity index (χ2v) is 3.32. The lowest BCUT2D eigenvalue weighted by Crippen LogP contribution is -1.83. The zero-order valence-corrected chi connectivity index (χ0v) is 8.44. The van der Waals surface area contributed by atoms with Crippen molar-refractivity contribution in [2.75, 3.05) is 6.61 Å². The van der Waals surface area contributed by atoms with Crippen molar-refractivity contribution in [3.05, 3.63) is 34.1 Å². The number of benzene rings is 1. The van der Waals surface area contributed by atoms with E-state index in [1.807, 2.05) is 0 Å². The van der Waals surface area contributed by atoms with E-state index in [9.17, 15) is 4.39 Å². The maximum atomic E-state index is 13.1. The van der Waals surface area contributed by atoms with Crippen LogP contribution in [0.1, 0.15) is 12.0 Å². The highest BCUT2D eigenvalue weighted by Gasteiger charge is 1.97. The molecule has 0 radical (unpaired) electrons. The molecule has 0 saturated heterocycles. The van der Waals surface area contributed by atoms with Crippen molar-refractivity contribution in [3.8, 4) is 11.8 Å². The normalized spacial score (nSPS) is 9.15. The zero-order chi connectivity index (χ0) is 9.68. The van der Waals surface area contributed by atoms with Crippen LogP contribution >= 0.6 is 15.9 Å². The summed E-state index contributed by atoms with van der Waals surface area (Å²) < 4.78 is 13.8. The van der Waals surface area contributed by atoms with E-state index >= 15 is 0 Å². The molecule has 0 atom stereocenters. The molecule has 1 aromatic rings. The zero-order valence-electron chi connectivity index (χ0n) is 6.85. The van der Waals surface area contributed by atoms with Gasteiger partial charge in [0.1, 0.15) is 5.82 Å². The Bertz CT molecular complexity index is 352. The SMILES string of the molecule is OCCC#Cc1ccc(Br)cc1F. The fraction of sp³-hybridized carbons (Fsp3) is 0.200. The summed E-state index contributed by atoms with van der Waals surface area (Å²) in [7, 11) is 0. The molecule has 0 fully saturated rings. The number of hydrogen-bond donors (Lipinski definition) is 1. The van der Waals surface area contributed by atoms with Gasteiger partial charge in [0.2, 0.25) is 0 Å². The van der Waals surface area contributed by atoms with Gasteiger partial charge in [0, 0.05) is 10.9 Å². The summed E-state index contributed by atoms with van der Waals surface area (Å²) >= 11 is 3.15. The van der Waals surface area contributed by atoms with Gasteiger partial charge in [-0.05, 0) is 18.2 Å². The average molecular weight is 243 g/mol. The third kappa shape index (κ3) is 3.17. The van der Waals surface area contributed by atoms with Gasteiger partial charge in [0.15, 0.2) is 0 Å². The first kappa shape index (κ1) is 10.2. The highest BCUT2D eigenvalue weighted by molar-refractivity contribution is 9.10. The maximum Gasteiger partial charge on any atom is 0.139 e. The molecule has 1 nitrogen and oxygen atoms in total. The minimum atomic E-state index is -0.347. The highest BCUT2D eigenvalue weighted by atomic mass is 79.9. The standard InChI is InChI=1S/C10H8BrFO/c11-9-5-4-8(10(12)7-9)3-1-2-6-13/h4-5,7,13H,2,6H2. The highest BCUT2D eigenvalue weighted by Crippen LogP contribution is 2.14. The summed E-state index contributed by atoms with van der Waals surface area (Å²) in [6, 6.07) is 4.69. The predicted octanol–water partition coefficient (Wildman–Crippen LogP) is 2.32. The lowest BCUT2D eigenvalue weighted by molar-refractivity contribution is 0.305. The predicted molar refractivity (Wildman–Crippen MR) is 52.7 cm³/mol. The van der Waals surface area contributed by atoms with Crippen LogP contribution in [0.15, 0.2) is 22.7 Å². The lowest BCUT2D eigenvalue weighted by atomic mass is 10.2. The van der Waals surface area contributed by atoms with Crippen LogP contribution < -0.4 is 0 Å². The average Bonchev–Trinajstić information content (AvgIpc) is 2.09. The van der Waals surface area contributed by atoms with Gasteiger partial charge in [-0.1, -0.05) is 27.8 Å². The van der Waals surface area contributed by atoms with E-state index in [2.05, 4.69) is 27.8 Å². The summed E-state index contributed by atoms with van der Waals surface area (Å²) in [5, 5.41) is 8.45. The maximum absolute atomic E-state index is 13.1. The van der Waals surface area contributed by atoms with E-state index in [0.29, 0.717) is 16.5 Å². The first-order valence-corrected chi connectivity index (χ1v) is 4.58. The molecule has 68 valence electrons. The quantitative estimate of drug-likeness (QED) is 0.750. The first-order valence-electron chi connectivity index (χ1n) is 3.79. The van der Waals surface area contributed by atoms with Crippen molar-refractivity contribution in [2.45, 2.75) is 6.42 Å². The Labute approximate surface area is 84.7 Å². The Morgan fingerprint density at radius 2 is 2.23 bits per heavy atom. The van der Waals surface area contributed by atoms with Crippen molar-refractivity contribution < 1.29 is 9.50 Å². The molecule has 1 aromatic carbocycles. The van der Waals surface area contributed by atoms with E-state index in [1.54, 1.807) is 12.1 Å². The van der Waals surface area contributed by atoms with Gasteiger partial charge in [-0.15, -0.1) is 0 Å². The molecule has 1 rings (SSSR count). The Balaban J connectivity index is 2.85. The van der Waals surface area contributed by atoms with E-state index in [0.717, 1.165) is 0 Å². The second kappa shape index (κ2) is 5.00. The third-order valence-corrected chi connectivity index (χ3v) is 1.88. The van der Waals surface area contributed by atoms with Gasteiger partial charge >= 0.3 is 0 Å². The Kier molecular flexibility index (Phi) is 3.94. The summed E-state index contributed by atoms with van der Waals surface area (Å²) in [4.78, 5) is 0. The number of hydrogen-bond acceptors (Lipinski definition) is 1. The van der Waals surface area contributed by atoms with E-state index in [-0.39, 0.29) is 12.4 Å². The summed E-state index contributed by atoms with van der Waals surface area (Å²) in [6.45, 7) is 0.00511. The fourth-order valence-electron chi connectivity index (χ4n) is 0.804. The Hall–Kier alpha value is -0.850. The molecule has 1 N–H and O–H groups in total. The van der Waals surface area contributed by atoms with E-state index < -0.39 is 0 Å². The molecule has 0 bridgehead atoms. The molecule has 0 spiro atoms. The van der Waals surface area contributed by atoms with Crippen LogP contribution in [-0.2, 0) is 0 Å². The van der Waals surface area contributed by atoms with Gasteiger partial charge in [-0.2, -0.15) is 0 Å². The molecular weight excluding hydrogens is 235 g/mol. The van der Waals surface area contributed by atoms with E-state index in [4.69, 9.17) is 5.11 Å². The molecule has 13 heavy (non-hydrogen) atoms. The molecule has 0 aliphatic carbocycles. The van der Waals surface area contributed by atoms with Crippen LogP contribution in [0.4, 0.5) is 4.39 Å². The molecule has 0 unspecified atom stereocenters. The van der Waals surface area contributed by atoms with Gasteiger partial charge in [-0.25, -0.2) is 4.39 Å². The molecule has 0 aliphatic rings. The van der Waals surface area contributed by atoms with Crippen LogP contribution in [0.2, 0.25) is 0 Å². The van der Waals surface area contributed by atoms with Gasteiger partial charge in [0.05, 0.1) is 12.2 Å². The molecule has 0 aromatic heterocycles. The third-order valence-electron chi connectivity index (χ3n) is 1.39. The fourth-order valence-corrected chi connectivity index (χ4v) is 1.14. The molecule has 0 heterocycles. The number of rotatable bonds is 1. The molecule has 3 heteroatoms.